The van der Waals surface area contributed by atoms with Gasteiger partial charge >= 0.3 is 5.97 Å². The van der Waals surface area contributed by atoms with Crippen LogP contribution in [-0.2, 0) is 4.79 Å². The van der Waals surface area contributed by atoms with E-state index in [2.05, 4.69) is 6.58 Å². The maximum atomic E-state index is 10.8. The van der Waals surface area contributed by atoms with E-state index in [0.717, 1.165) is 0 Å². The smallest absolute Gasteiger partial charge is 0.304 e. The maximum Gasteiger partial charge on any atom is 0.304 e. The molecule has 96 valence electrons. The highest BCUT2D eigenvalue weighted by Gasteiger charge is 2.22. The van der Waals surface area contributed by atoms with Crippen molar-refractivity contribution in [1.29, 1.82) is 0 Å². The number of hydrogen-bond donors (Lipinski definition) is 2. The summed E-state index contributed by atoms with van der Waals surface area (Å²) in [6.07, 6.45) is 1.24. The second kappa shape index (κ2) is 5.92. The molecule has 0 aliphatic rings. The van der Waals surface area contributed by atoms with Gasteiger partial charge in [-0.05, 0) is 5.56 Å². The van der Waals surface area contributed by atoms with Crippen molar-refractivity contribution in [2.75, 3.05) is 0 Å². The summed E-state index contributed by atoms with van der Waals surface area (Å²) in [6.45, 7) is 3.52. The number of nitro groups is 1. The molecule has 1 aromatic carbocycles. The van der Waals surface area contributed by atoms with E-state index >= 15 is 0 Å². The minimum atomic E-state index is -1.01. The van der Waals surface area contributed by atoms with Crippen molar-refractivity contribution in [3.05, 3.63) is 52.6 Å². The number of non-ortho nitro benzene ring substituents is 1. The molecular weight excluding hydrogens is 236 g/mol. The molecule has 0 aliphatic heterocycles. The monoisotopic (exact) mass is 250 g/mol. The Kier molecular flexibility index (Phi) is 4.56. The first-order valence-corrected chi connectivity index (χ1v) is 5.30. The van der Waals surface area contributed by atoms with Crippen LogP contribution in [0.3, 0.4) is 0 Å². The highest BCUT2D eigenvalue weighted by atomic mass is 16.6. The summed E-state index contributed by atoms with van der Waals surface area (Å²) in [5, 5.41) is 19.5. The van der Waals surface area contributed by atoms with Gasteiger partial charge in [0.15, 0.2) is 0 Å². The summed E-state index contributed by atoms with van der Waals surface area (Å²) in [5.41, 5.74) is 6.22. The molecule has 0 radical (unpaired) electrons. The number of aliphatic carboxylic acids is 1. The van der Waals surface area contributed by atoms with Gasteiger partial charge in [-0.2, -0.15) is 0 Å². The Morgan fingerprint density at radius 3 is 2.78 bits per heavy atom. The number of rotatable bonds is 6. The SMILES string of the molecule is C=CC(N)C(CC(=O)O)c1cccc([N+](=O)[O-])c1. The molecule has 0 amide bonds. The van der Waals surface area contributed by atoms with E-state index < -0.39 is 22.9 Å². The predicted molar refractivity (Wildman–Crippen MR) is 66.3 cm³/mol. The first-order chi connectivity index (χ1) is 8.45. The zero-order chi connectivity index (χ0) is 13.7. The van der Waals surface area contributed by atoms with Crippen molar-refractivity contribution >= 4 is 11.7 Å². The molecule has 0 aliphatic carbocycles. The number of hydrogen-bond acceptors (Lipinski definition) is 4. The van der Waals surface area contributed by atoms with Crippen LogP contribution in [0.2, 0.25) is 0 Å². The Morgan fingerprint density at radius 1 is 1.61 bits per heavy atom. The van der Waals surface area contributed by atoms with E-state index in [-0.39, 0.29) is 12.1 Å². The molecule has 18 heavy (non-hydrogen) atoms. The van der Waals surface area contributed by atoms with Gasteiger partial charge in [-0.1, -0.05) is 18.2 Å². The van der Waals surface area contributed by atoms with Crippen LogP contribution in [0, 0.1) is 10.1 Å². The van der Waals surface area contributed by atoms with Crippen LogP contribution in [0.4, 0.5) is 5.69 Å². The lowest BCUT2D eigenvalue weighted by Gasteiger charge is -2.19. The van der Waals surface area contributed by atoms with Gasteiger partial charge in [0.2, 0.25) is 0 Å². The summed E-state index contributed by atoms with van der Waals surface area (Å²) in [7, 11) is 0. The highest BCUT2D eigenvalue weighted by Crippen LogP contribution is 2.26. The predicted octanol–water partition coefficient (Wildman–Crippen LogP) is 1.67. The minimum absolute atomic E-state index is 0.0841. The summed E-state index contributed by atoms with van der Waals surface area (Å²) in [4.78, 5) is 20.9. The van der Waals surface area contributed by atoms with Gasteiger partial charge in [-0.25, -0.2) is 0 Å². The Balaban J connectivity index is 3.11. The molecule has 3 N–H and O–H groups in total. The molecule has 0 bridgehead atoms. The second-order valence-electron chi connectivity index (χ2n) is 3.87. The first kappa shape index (κ1) is 13.9. The van der Waals surface area contributed by atoms with Crippen LogP contribution < -0.4 is 5.73 Å². The zero-order valence-corrected chi connectivity index (χ0v) is 9.65. The lowest BCUT2D eigenvalue weighted by atomic mass is 9.89. The quantitative estimate of drug-likeness (QED) is 0.453. The normalized spacial score (nSPS) is 13.6. The molecule has 1 rings (SSSR count). The molecule has 1 aromatic rings. The fraction of sp³-hybridized carbons (Fsp3) is 0.250. The topological polar surface area (TPSA) is 106 Å². The third-order valence-electron chi connectivity index (χ3n) is 2.64. The zero-order valence-electron chi connectivity index (χ0n) is 9.65. The molecule has 0 aromatic heterocycles. The van der Waals surface area contributed by atoms with Crippen LogP contribution in [-0.4, -0.2) is 22.0 Å². The molecule has 2 unspecified atom stereocenters. The number of nitrogens with two attached hydrogens (primary N) is 1. The fourth-order valence-corrected chi connectivity index (χ4v) is 1.70. The average Bonchev–Trinajstić information content (AvgIpc) is 2.35. The maximum absolute atomic E-state index is 10.8. The molecule has 6 nitrogen and oxygen atoms in total. The van der Waals surface area contributed by atoms with Gasteiger partial charge in [0.1, 0.15) is 0 Å². The van der Waals surface area contributed by atoms with Crippen LogP contribution in [0.15, 0.2) is 36.9 Å². The van der Waals surface area contributed by atoms with E-state index in [1.165, 1.54) is 24.3 Å². The molecule has 0 saturated heterocycles. The van der Waals surface area contributed by atoms with Crippen LogP contribution in [0.25, 0.3) is 0 Å². The summed E-state index contributed by atoms with van der Waals surface area (Å²) in [6, 6.07) is 5.27. The average molecular weight is 250 g/mol. The van der Waals surface area contributed by atoms with Gasteiger partial charge in [-0.15, -0.1) is 6.58 Å². The third kappa shape index (κ3) is 3.39. The van der Waals surface area contributed by atoms with Crippen LogP contribution >= 0.6 is 0 Å². The largest absolute Gasteiger partial charge is 0.481 e. The lowest BCUT2D eigenvalue weighted by molar-refractivity contribution is -0.384. The van der Waals surface area contributed by atoms with Gasteiger partial charge in [0, 0.05) is 24.1 Å². The molecule has 0 fully saturated rings. The molecule has 0 heterocycles. The van der Waals surface area contributed by atoms with Crippen LogP contribution in [0.1, 0.15) is 17.9 Å². The lowest BCUT2D eigenvalue weighted by Crippen LogP contribution is -2.28. The van der Waals surface area contributed by atoms with Gasteiger partial charge in [0.05, 0.1) is 11.3 Å². The highest BCUT2D eigenvalue weighted by molar-refractivity contribution is 5.68. The van der Waals surface area contributed by atoms with Crippen molar-refractivity contribution < 1.29 is 14.8 Å². The van der Waals surface area contributed by atoms with E-state index in [1.54, 1.807) is 6.07 Å². The number of nitrogens with zero attached hydrogens (tertiary/aromatic N) is 1. The summed E-state index contributed by atoms with van der Waals surface area (Å²) < 4.78 is 0. The second-order valence-corrected chi connectivity index (χ2v) is 3.87. The van der Waals surface area contributed by atoms with Gasteiger partial charge in [-0.3, -0.25) is 14.9 Å². The van der Waals surface area contributed by atoms with Crippen molar-refractivity contribution in [3.8, 4) is 0 Å². The molecule has 6 heteroatoms. The molecule has 0 spiro atoms. The number of carboxylic acid groups (broad SMARTS) is 1. The number of nitro benzene ring substituents is 1. The van der Waals surface area contributed by atoms with Crippen molar-refractivity contribution in [3.63, 3.8) is 0 Å². The van der Waals surface area contributed by atoms with Crippen molar-refractivity contribution in [2.45, 2.75) is 18.4 Å². The van der Waals surface area contributed by atoms with Crippen molar-refractivity contribution in [1.82, 2.24) is 0 Å². The molecule has 0 saturated carbocycles. The number of carbonyl (C=O) groups is 1. The number of carboxylic acids is 1. The Labute approximate surface area is 104 Å². The molecular formula is C12H14N2O4. The summed E-state index contributed by atoms with van der Waals surface area (Å²) in [5.74, 6) is -1.54. The van der Waals surface area contributed by atoms with E-state index in [0.29, 0.717) is 5.56 Å². The van der Waals surface area contributed by atoms with E-state index in [4.69, 9.17) is 10.8 Å². The van der Waals surface area contributed by atoms with E-state index in [9.17, 15) is 14.9 Å². The Bertz CT molecular complexity index is 473. The standard InChI is InChI=1S/C12H14N2O4/c1-2-11(13)10(7-12(15)16)8-4-3-5-9(6-8)14(17)18/h2-6,10-11H,1,7,13H2,(H,15,16). The molecule has 2 atom stereocenters. The third-order valence-corrected chi connectivity index (χ3v) is 2.64. The fourth-order valence-electron chi connectivity index (χ4n) is 1.70. The van der Waals surface area contributed by atoms with Crippen LogP contribution in [0.5, 0.6) is 0 Å². The summed E-state index contributed by atoms with van der Waals surface area (Å²) >= 11 is 0. The minimum Gasteiger partial charge on any atom is -0.481 e. The Hall–Kier alpha value is -2.21. The van der Waals surface area contributed by atoms with E-state index in [1.807, 2.05) is 0 Å². The van der Waals surface area contributed by atoms with Crippen molar-refractivity contribution in [2.24, 2.45) is 5.73 Å². The first-order valence-electron chi connectivity index (χ1n) is 5.30. The van der Waals surface area contributed by atoms with Gasteiger partial charge < -0.3 is 10.8 Å². The Morgan fingerprint density at radius 2 is 2.28 bits per heavy atom. The van der Waals surface area contributed by atoms with Gasteiger partial charge in [0.25, 0.3) is 5.69 Å². The number of benzene rings is 1.